The highest BCUT2D eigenvalue weighted by molar-refractivity contribution is 14.1. The van der Waals surface area contributed by atoms with E-state index in [0.717, 1.165) is 15.1 Å². The quantitative estimate of drug-likeness (QED) is 0.784. The number of hydrogen-bond donors (Lipinski definition) is 1. The minimum absolute atomic E-state index is 0.0740. The summed E-state index contributed by atoms with van der Waals surface area (Å²) in [5.41, 5.74) is 7.44. The first-order chi connectivity index (χ1) is 7.91. The van der Waals surface area contributed by atoms with Gasteiger partial charge in [0.15, 0.2) is 0 Å². The second-order valence-corrected chi connectivity index (χ2v) is 7.11. The molecule has 1 aliphatic carbocycles. The summed E-state index contributed by atoms with van der Waals surface area (Å²) in [5.74, 6) is 0.863. The monoisotopic (exact) mass is 347 g/mol. The highest BCUT2D eigenvalue weighted by atomic mass is 127. The maximum Gasteiger partial charge on any atom is 0.135 e. The SMILES string of the molecule is CC(C)(C)c1nn(C2CCCCC2)c(N)c1I. The van der Waals surface area contributed by atoms with Crippen molar-refractivity contribution in [1.29, 1.82) is 0 Å². The molecule has 0 atom stereocenters. The van der Waals surface area contributed by atoms with Crippen LogP contribution in [0.5, 0.6) is 0 Å². The Morgan fingerprint density at radius 1 is 1.24 bits per heavy atom. The molecular weight excluding hydrogens is 325 g/mol. The van der Waals surface area contributed by atoms with Gasteiger partial charge < -0.3 is 5.73 Å². The third-order valence-electron chi connectivity index (χ3n) is 3.52. The smallest absolute Gasteiger partial charge is 0.135 e. The van der Waals surface area contributed by atoms with Crippen molar-refractivity contribution in [3.63, 3.8) is 0 Å². The summed E-state index contributed by atoms with van der Waals surface area (Å²) in [7, 11) is 0. The van der Waals surface area contributed by atoms with Gasteiger partial charge in [-0.1, -0.05) is 40.0 Å². The van der Waals surface area contributed by atoms with Gasteiger partial charge in [0.25, 0.3) is 0 Å². The molecule has 2 rings (SSSR count). The summed E-state index contributed by atoms with van der Waals surface area (Å²) >= 11 is 2.34. The zero-order chi connectivity index (χ0) is 12.6. The standard InChI is InChI=1S/C13H22IN3/c1-13(2,3)11-10(14)12(15)17(16-11)9-7-5-4-6-8-9/h9H,4-8,15H2,1-3H3. The average molecular weight is 347 g/mol. The molecule has 0 saturated heterocycles. The number of hydrogen-bond acceptors (Lipinski definition) is 2. The van der Waals surface area contributed by atoms with E-state index in [2.05, 4.69) is 48.0 Å². The number of nitrogens with two attached hydrogens (primary N) is 1. The molecule has 1 heterocycles. The molecule has 0 bridgehead atoms. The molecule has 1 aliphatic rings. The molecule has 0 spiro atoms. The number of halogens is 1. The Labute approximate surface area is 117 Å². The van der Waals surface area contributed by atoms with Crippen molar-refractivity contribution in [2.24, 2.45) is 0 Å². The van der Waals surface area contributed by atoms with Crippen LogP contribution in [0.2, 0.25) is 0 Å². The molecule has 0 unspecified atom stereocenters. The molecular formula is C13H22IN3. The second-order valence-electron chi connectivity index (χ2n) is 6.03. The maximum absolute atomic E-state index is 6.22. The fourth-order valence-electron chi connectivity index (χ4n) is 2.51. The Kier molecular flexibility index (Phi) is 3.71. The largest absolute Gasteiger partial charge is 0.383 e. The number of nitrogens with zero attached hydrogens (tertiary/aromatic N) is 2. The van der Waals surface area contributed by atoms with Gasteiger partial charge in [0, 0.05) is 5.41 Å². The van der Waals surface area contributed by atoms with E-state index in [9.17, 15) is 0 Å². The highest BCUT2D eigenvalue weighted by Gasteiger charge is 2.27. The first-order valence-corrected chi connectivity index (χ1v) is 7.53. The van der Waals surface area contributed by atoms with Crippen LogP contribution in [0.3, 0.4) is 0 Å². The summed E-state index contributed by atoms with van der Waals surface area (Å²) < 4.78 is 3.22. The molecule has 2 N–H and O–H groups in total. The molecule has 4 heteroatoms. The van der Waals surface area contributed by atoms with Gasteiger partial charge in [-0.25, -0.2) is 4.68 Å². The minimum Gasteiger partial charge on any atom is -0.383 e. The van der Waals surface area contributed by atoms with E-state index in [-0.39, 0.29) is 5.41 Å². The molecule has 3 nitrogen and oxygen atoms in total. The van der Waals surface area contributed by atoms with Crippen molar-refractivity contribution in [2.75, 3.05) is 5.73 Å². The second kappa shape index (κ2) is 4.78. The molecule has 1 fully saturated rings. The van der Waals surface area contributed by atoms with Crippen LogP contribution in [0, 0.1) is 3.57 Å². The van der Waals surface area contributed by atoms with Crippen molar-refractivity contribution in [1.82, 2.24) is 9.78 Å². The van der Waals surface area contributed by atoms with Gasteiger partial charge in [-0.15, -0.1) is 0 Å². The first kappa shape index (κ1) is 13.2. The number of anilines is 1. The van der Waals surface area contributed by atoms with Crippen molar-refractivity contribution >= 4 is 28.4 Å². The van der Waals surface area contributed by atoms with Crippen LogP contribution in [0.25, 0.3) is 0 Å². The lowest BCUT2D eigenvalue weighted by Gasteiger charge is -2.23. The van der Waals surface area contributed by atoms with E-state index >= 15 is 0 Å². The molecule has 0 amide bonds. The molecule has 17 heavy (non-hydrogen) atoms. The van der Waals surface area contributed by atoms with Crippen molar-refractivity contribution in [2.45, 2.75) is 64.3 Å². The van der Waals surface area contributed by atoms with E-state index in [4.69, 9.17) is 10.8 Å². The predicted octanol–water partition coefficient (Wildman–Crippen LogP) is 3.87. The van der Waals surface area contributed by atoms with Crippen LogP contribution >= 0.6 is 22.6 Å². The summed E-state index contributed by atoms with van der Waals surface area (Å²) in [6.07, 6.45) is 6.44. The van der Waals surface area contributed by atoms with Crippen LogP contribution in [0.1, 0.15) is 64.6 Å². The molecule has 1 saturated carbocycles. The number of nitrogen functional groups attached to an aromatic ring is 1. The normalized spacial score (nSPS) is 18.6. The van der Waals surface area contributed by atoms with Crippen LogP contribution < -0.4 is 5.73 Å². The fraction of sp³-hybridized carbons (Fsp3) is 0.769. The molecule has 0 aliphatic heterocycles. The van der Waals surface area contributed by atoms with E-state index in [0.29, 0.717) is 6.04 Å². The Hall–Kier alpha value is -0.260. The molecule has 0 radical (unpaired) electrons. The summed E-state index contributed by atoms with van der Waals surface area (Å²) in [6.45, 7) is 6.59. The number of aromatic nitrogens is 2. The van der Waals surface area contributed by atoms with E-state index in [1.165, 1.54) is 32.1 Å². The van der Waals surface area contributed by atoms with E-state index in [1.807, 2.05) is 0 Å². The lowest BCUT2D eigenvalue weighted by Crippen LogP contribution is -2.18. The topological polar surface area (TPSA) is 43.8 Å². The summed E-state index contributed by atoms with van der Waals surface area (Å²) in [6, 6.07) is 0.522. The van der Waals surface area contributed by atoms with Gasteiger partial charge >= 0.3 is 0 Å². The lowest BCUT2D eigenvalue weighted by molar-refractivity contribution is 0.329. The van der Waals surface area contributed by atoms with Crippen molar-refractivity contribution < 1.29 is 0 Å². The van der Waals surface area contributed by atoms with Gasteiger partial charge in [-0.2, -0.15) is 5.10 Å². The van der Waals surface area contributed by atoms with Gasteiger partial charge in [0.1, 0.15) is 5.82 Å². The fourth-order valence-corrected chi connectivity index (χ4v) is 3.67. The highest BCUT2D eigenvalue weighted by Crippen LogP contribution is 2.35. The zero-order valence-corrected chi connectivity index (χ0v) is 13.1. The van der Waals surface area contributed by atoms with Crippen molar-refractivity contribution in [3.05, 3.63) is 9.26 Å². The Bertz CT molecular complexity index is 398. The van der Waals surface area contributed by atoms with Gasteiger partial charge in [0.2, 0.25) is 0 Å². The average Bonchev–Trinajstić information content (AvgIpc) is 2.57. The summed E-state index contributed by atoms with van der Waals surface area (Å²) in [5, 5.41) is 4.79. The molecule has 0 aromatic carbocycles. The van der Waals surface area contributed by atoms with Crippen LogP contribution in [0.4, 0.5) is 5.82 Å². The first-order valence-electron chi connectivity index (χ1n) is 6.45. The van der Waals surface area contributed by atoms with Crippen molar-refractivity contribution in [3.8, 4) is 0 Å². The lowest BCUT2D eigenvalue weighted by atomic mass is 9.92. The zero-order valence-electron chi connectivity index (χ0n) is 11.0. The van der Waals surface area contributed by atoms with Gasteiger partial charge in [-0.3, -0.25) is 0 Å². The Balaban J connectivity index is 2.35. The van der Waals surface area contributed by atoms with Gasteiger partial charge in [0.05, 0.1) is 15.3 Å². The van der Waals surface area contributed by atoms with E-state index in [1.54, 1.807) is 0 Å². The van der Waals surface area contributed by atoms with E-state index < -0.39 is 0 Å². The Morgan fingerprint density at radius 3 is 2.29 bits per heavy atom. The van der Waals surface area contributed by atoms with Gasteiger partial charge in [-0.05, 0) is 35.4 Å². The maximum atomic E-state index is 6.22. The Morgan fingerprint density at radius 2 is 1.82 bits per heavy atom. The third kappa shape index (κ3) is 2.61. The van der Waals surface area contributed by atoms with Crippen LogP contribution in [0.15, 0.2) is 0 Å². The van der Waals surface area contributed by atoms with Crippen LogP contribution in [-0.2, 0) is 5.41 Å². The predicted molar refractivity (Wildman–Crippen MR) is 80.2 cm³/mol. The van der Waals surface area contributed by atoms with Crippen LogP contribution in [-0.4, -0.2) is 9.78 Å². The third-order valence-corrected chi connectivity index (χ3v) is 4.58. The molecule has 1 aromatic heterocycles. The molecule has 1 aromatic rings. The summed E-state index contributed by atoms with van der Waals surface area (Å²) in [4.78, 5) is 0. The minimum atomic E-state index is 0.0740. The number of rotatable bonds is 1. The molecule has 96 valence electrons.